The Kier molecular flexibility index (Phi) is 4.87. The van der Waals surface area contributed by atoms with Gasteiger partial charge < -0.3 is 0 Å². The molecule has 0 aliphatic carbocycles. The Morgan fingerprint density at radius 2 is 1.90 bits per heavy atom. The van der Waals surface area contributed by atoms with Crippen molar-refractivity contribution in [3.05, 3.63) is 0 Å². The average molecular weight is 178 g/mol. The molecule has 0 rings (SSSR count). The van der Waals surface area contributed by atoms with Crippen molar-refractivity contribution in [1.29, 1.82) is 0 Å². The van der Waals surface area contributed by atoms with Crippen LogP contribution in [0, 0.1) is 11.3 Å². The van der Waals surface area contributed by atoms with Crippen LogP contribution >= 0.6 is 24.4 Å². The molecule has 0 aliphatic rings. The van der Waals surface area contributed by atoms with Crippen LogP contribution in [0.3, 0.4) is 0 Å². The molecule has 0 bridgehead atoms. The van der Waals surface area contributed by atoms with E-state index in [1.54, 1.807) is 0 Å². The third kappa shape index (κ3) is 3.77. The van der Waals surface area contributed by atoms with Gasteiger partial charge in [0.2, 0.25) is 0 Å². The van der Waals surface area contributed by atoms with Crippen molar-refractivity contribution in [2.75, 3.05) is 17.8 Å². The molecule has 0 radical (unpaired) electrons. The second-order valence-electron chi connectivity index (χ2n) is 3.70. The molecule has 0 aliphatic heterocycles. The Balaban J connectivity index is 3.81. The first-order valence-corrected chi connectivity index (χ1v) is 5.64. The lowest BCUT2D eigenvalue weighted by atomic mass is 9.83. The van der Waals surface area contributed by atoms with E-state index < -0.39 is 0 Å². The number of thioether (sulfide) groups is 1. The van der Waals surface area contributed by atoms with Crippen LogP contribution in [0.5, 0.6) is 0 Å². The zero-order valence-corrected chi connectivity index (χ0v) is 9.06. The van der Waals surface area contributed by atoms with Crippen LogP contribution in [0.15, 0.2) is 0 Å². The van der Waals surface area contributed by atoms with E-state index in [-0.39, 0.29) is 0 Å². The summed E-state index contributed by atoms with van der Waals surface area (Å²) in [7, 11) is 0. The fraction of sp³-hybridized carbons (Fsp3) is 1.00. The summed E-state index contributed by atoms with van der Waals surface area (Å²) in [6, 6.07) is 0. The van der Waals surface area contributed by atoms with Crippen molar-refractivity contribution in [2.45, 2.75) is 20.8 Å². The predicted molar refractivity (Wildman–Crippen MR) is 55.2 cm³/mol. The third-order valence-corrected chi connectivity index (χ3v) is 2.99. The molecule has 1 atom stereocenters. The zero-order valence-electron chi connectivity index (χ0n) is 7.35. The van der Waals surface area contributed by atoms with E-state index in [0.29, 0.717) is 5.41 Å². The van der Waals surface area contributed by atoms with Crippen molar-refractivity contribution in [3.63, 3.8) is 0 Å². The lowest BCUT2D eigenvalue weighted by Crippen LogP contribution is -2.24. The normalized spacial score (nSPS) is 15.3. The summed E-state index contributed by atoms with van der Waals surface area (Å²) in [6.07, 6.45) is 2.15. The highest BCUT2D eigenvalue weighted by Gasteiger charge is 2.22. The highest BCUT2D eigenvalue weighted by molar-refractivity contribution is 7.98. The van der Waals surface area contributed by atoms with E-state index in [1.165, 1.54) is 5.75 Å². The lowest BCUT2D eigenvalue weighted by molar-refractivity contribution is 0.294. The summed E-state index contributed by atoms with van der Waals surface area (Å²) >= 11 is 6.24. The molecular formula is C8H18S2. The molecule has 0 N–H and O–H groups in total. The van der Waals surface area contributed by atoms with E-state index in [9.17, 15) is 0 Å². The Bertz CT molecular complexity index is 83.7. The highest BCUT2D eigenvalue weighted by atomic mass is 32.2. The molecule has 0 aromatic rings. The van der Waals surface area contributed by atoms with Gasteiger partial charge in [-0.3, -0.25) is 0 Å². The topological polar surface area (TPSA) is 0 Å². The second-order valence-corrected chi connectivity index (χ2v) is 4.98. The standard InChI is InChI=1S/C8H18S2/c1-8(2,3)7(5-9)6-10-4/h7,9H,5-6H2,1-4H3. The largest absolute Gasteiger partial charge is 0.179 e. The molecule has 2 heteroatoms. The van der Waals surface area contributed by atoms with Gasteiger partial charge in [0, 0.05) is 0 Å². The summed E-state index contributed by atoms with van der Waals surface area (Å²) in [6.45, 7) is 6.85. The van der Waals surface area contributed by atoms with E-state index in [2.05, 4.69) is 39.7 Å². The SMILES string of the molecule is CSCC(CS)C(C)(C)C. The Morgan fingerprint density at radius 3 is 2.00 bits per heavy atom. The summed E-state index contributed by atoms with van der Waals surface area (Å²) in [5.41, 5.74) is 0.421. The molecule has 0 nitrogen and oxygen atoms in total. The van der Waals surface area contributed by atoms with Crippen molar-refractivity contribution in [1.82, 2.24) is 0 Å². The van der Waals surface area contributed by atoms with Gasteiger partial charge in [-0.15, -0.1) is 0 Å². The van der Waals surface area contributed by atoms with Crippen LogP contribution in [-0.2, 0) is 0 Å². The first kappa shape index (κ1) is 10.7. The molecule has 0 heterocycles. The number of thiol groups is 1. The fourth-order valence-corrected chi connectivity index (χ4v) is 2.65. The molecule has 62 valence electrons. The van der Waals surface area contributed by atoms with Crippen molar-refractivity contribution < 1.29 is 0 Å². The van der Waals surface area contributed by atoms with Gasteiger partial charge in [-0.1, -0.05) is 20.8 Å². The molecule has 0 fully saturated rings. The van der Waals surface area contributed by atoms with Gasteiger partial charge in [0.05, 0.1) is 0 Å². The van der Waals surface area contributed by atoms with E-state index >= 15 is 0 Å². The highest BCUT2D eigenvalue weighted by Crippen LogP contribution is 2.28. The molecule has 0 aromatic heterocycles. The van der Waals surface area contributed by atoms with Crippen LogP contribution in [-0.4, -0.2) is 17.8 Å². The molecule has 0 spiro atoms. The molecule has 0 amide bonds. The van der Waals surface area contributed by atoms with Gasteiger partial charge in [0.25, 0.3) is 0 Å². The average Bonchev–Trinajstić information content (AvgIpc) is 1.80. The van der Waals surface area contributed by atoms with Gasteiger partial charge in [-0.25, -0.2) is 0 Å². The summed E-state index contributed by atoms with van der Waals surface area (Å²) < 4.78 is 0. The molecular weight excluding hydrogens is 160 g/mol. The molecule has 0 saturated carbocycles. The fourth-order valence-electron chi connectivity index (χ4n) is 0.778. The van der Waals surface area contributed by atoms with Crippen molar-refractivity contribution >= 4 is 24.4 Å². The minimum Gasteiger partial charge on any atom is -0.179 e. The molecule has 0 saturated heterocycles. The summed E-state index contributed by atoms with van der Waals surface area (Å²) in [5.74, 6) is 2.97. The van der Waals surface area contributed by atoms with Crippen LogP contribution < -0.4 is 0 Å². The van der Waals surface area contributed by atoms with Crippen molar-refractivity contribution in [3.8, 4) is 0 Å². The second kappa shape index (κ2) is 4.55. The first-order chi connectivity index (χ1) is 4.52. The van der Waals surface area contributed by atoms with Gasteiger partial charge in [-0.05, 0) is 29.1 Å². The van der Waals surface area contributed by atoms with Crippen LogP contribution in [0.4, 0.5) is 0 Å². The lowest BCUT2D eigenvalue weighted by Gasteiger charge is -2.28. The first-order valence-electron chi connectivity index (χ1n) is 3.62. The molecule has 0 aromatic carbocycles. The quantitative estimate of drug-likeness (QED) is 0.648. The van der Waals surface area contributed by atoms with Crippen LogP contribution in [0.1, 0.15) is 20.8 Å². The number of hydrogen-bond donors (Lipinski definition) is 1. The maximum absolute atomic E-state index is 4.33. The van der Waals surface area contributed by atoms with Gasteiger partial charge in [0.15, 0.2) is 0 Å². The Morgan fingerprint density at radius 1 is 1.40 bits per heavy atom. The van der Waals surface area contributed by atoms with Gasteiger partial charge in [-0.2, -0.15) is 24.4 Å². The zero-order chi connectivity index (χ0) is 8.20. The third-order valence-electron chi connectivity index (χ3n) is 1.81. The minimum absolute atomic E-state index is 0.421. The van der Waals surface area contributed by atoms with E-state index in [0.717, 1.165) is 11.7 Å². The van der Waals surface area contributed by atoms with Crippen LogP contribution in [0.2, 0.25) is 0 Å². The Labute approximate surface area is 74.6 Å². The predicted octanol–water partition coefficient (Wildman–Crippen LogP) is 2.94. The smallest absolute Gasteiger partial charge is 0.00291 e. The summed E-state index contributed by atoms with van der Waals surface area (Å²) in [5, 5.41) is 0. The van der Waals surface area contributed by atoms with Crippen LogP contribution in [0.25, 0.3) is 0 Å². The van der Waals surface area contributed by atoms with Crippen molar-refractivity contribution in [2.24, 2.45) is 11.3 Å². The number of hydrogen-bond acceptors (Lipinski definition) is 2. The summed E-state index contributed by atoms with van der Waals surface area (Å²) in [4.78, 5) is 0. The van der Waals surface area contributed by atoms with E-state index in [1.807, 2.05) is 11.8 Å². The van der Waals surface area contributed by atoms with E-state index in [4.69, 9.17) is 0 Å². The maximum atomic E-state index is 4.33. The van der Waals surface area contributed by atoms with Gasteiger partial charge in [0.1, 0.15) is 0 Å². The Hall–Kier alpha value is 0.700. The maximum Gasteiger partial charge on any atom is -0.00291 e. The molecule has 1 unspecified atom stereocenters. The number of rotatable bonds is 3. The molecule has 10 heavy (non-hydrogen) atoms. The van der Waals surface area contributed by atoms with Gasteiger partial charge >= 0.3 is 0 Å². The minimum atomic E-state index is 0.421. The monoisotopic (exact) mass is 178 g/mol.